The zero-order valence-corrected chi connectivity index (χ0v) is 19.1. The van der Waals surface area contributed by atoms with Crippen LogP contribution in [0.4, 0.5) is 15.0 Å². The summed E-state index contributed by atoms with van der Waals surface area (Å²) in [6.45, 7) is 4.99. The van der Waals surface area contributed by atoms with E-state index < -0.39 is 5.82 Å². The van der Waals surface area contributed by atoms with Crippen molar-refractivity contribution in [3.63, 3.8) is 0 Å². The number of aromatic nitrogens is 4. The molecule has 3 aromatic heterocycles. The van der Waals surface area contributed by atoms with Gasteiger partial charge in [0.05, 0.1) is 6.20 Å². The molecular formula is C20H25FIN7O. The second kappa shape index (κ2) is 10.5. The first-order valence-electron chi connectivity index (χ1n) is 9.95. The normalized spacial score (nSPS) is 12.0. The van der Waals surface area contributed by atoms with Gasteiger partial charge in [-0.3, -0.25) is 0 Å². The van der Waals surface area contributed by atoms with Gasteiger partial charge in [-0.15, -0.1) is 0 Å². The van der Waals surface area contributed by atoms with Crippen molar-refractivity contribution in [1.82, 2.24) is 30.6 Å². The lowest BCUT2D eigenvalue weighted by Gasteiger charge is -2.20. The smallest absolute Gasteiger partial charge is 0.314 e. The van der Waals surface area contributed by atoms with E-state index in [1.165, 1.54) is 0 Å². The van der Waals surface area contributed by atoms with Gasteiger partial charge in [0.1, 0.15) is 5.65 Å². The number of anilines is 1. The molecule has 1 unspecified atom stereocenters. The molecule has 1 atom stereocenters. The third-order valence-corrected chi connectivity index (χ3v) is 5.10. The fourth-order valence-corrected chi connectivity index (χ4v) is 3.50. The van der Waals surface area contributed by atoms with Crippen LogP contribution in [-0.2, 0) is 0 Å². The fraction of sp³-hybridized carbons (Fsp3) is 0.400. The zero-order valence-electron chi connectivity index (χ0n) is 16.9. The van der Waals surface area contributed by atoms with Crippen molar-refractivity contribution in [2.24, 2.45) is 0 Å². The molecule has 0 saturated heterocycles. The maximum atomic E-state index is 14.4. The summed E-state index contributed by atoms with van der Waals surface area (Å²) in [6, 6.07) is 1.59. The molecule has 3 heterocycles. The van der Waals surface area contributed by atoms with Gasteiger partial charge >= 0.3 is 6.03 Å². The minimum atomic E-state index is -0.539. The lowest BCUT2D eigenvalue weighted by molar-refractivity contribution is 0.240. The Hall–Kier alpha value is -2.50. The molecule has 0 bridgehead atoms. The molecule has 0 radical (unpaired) electrons. The number of fused-ring (bicyclic) bond motifs is 1. The summed E-state index contributed by atoms with van der Waals surface area (Å²) in [6.07, 6.45) is 7.19. The van der Waals surface area contributed by atoms with E-state index in [1.807, 2.05) is 19.9 Å². The summed E-state index contributed by atoms with van der Waals surface area (Å²) in [7, 11) is 0. The quantitative estimate of drug-likeness (QED) is 0.316. The number of amides is 2. The first-order valence-corrected chi connectivity index (χ1v) is 11.0. The molecule has 0 aliphatic heterocycles. The number of nitrogens with zero attached hydrogens (tertiary/aromatic N) is 3. The summed E-state index contributed by atoms with van der Waals surface area (Å²) in [5, 5.41) is 9.59. The van der Waals surface area contributed by atoms with Crippen molar-refractivity contribution in [3.05, 3.63) is 34.0 Å². The van der Waals surface area contributed by atoms with Gasteiger partial charge in [-0.05, 0) is 41.5 Å². The summed E-state index contributed by atoms with van der Waals surface area (Å²) in [4.78, 5) is 27.9. The van der Waals surface area contributed by atoms with E-state index in [4.69, 9.17) is 0 Å². The lowest BCUT2D eigenvalue weighted by atomic mass is 10.1. The van der Waals surface area contributed by atoms with E-state index in [2.05, 4.69) is 58.5 Å². The van der Waals surface area contributed by atoms with E-state index in [0.717, 1.165) is 45.6 Å². The van der Waals surface area contributed by atoms with E-state index >= 15 is 0 Å². The topological polar surface area (TPSA) is 108 Å². The summed E-state index contributed by atoms with van der Waals surface area (Å²) in [5.41, 5.74) is 1.47. The van der Waals surface area contributed by atoms with Crippen LogP contribution in [-0.4, -0.2) is 45.1 Å². The molecule has 0 aromatic carbocycles. The maximum absolute atomic E-state index is 14.4. The molecule has 2 amide bonds. The molecule has 4 N–H and O–H groups in total. The van der Waals surface area contributed by atoms with Gasteiger partial charge in [-0.1, -0.05) is 20.3 Å². The van der Waals surface area contributed by atoms with Crippen LogP contribution < -0.4 is 16.0 Å². The summed E-state index contributed by atoms with van der Waals surface area (Å²) in [5.74, 6) is -0.0252. The van der Waals surface area contributed by atoms with E-state index in [0.29, 0.717) is 18.9 Å². The van der Waals surface area contributed by atoms with Crippen molar-refractivity contribution in [3.8, 4) is 11.4 Å². The van der Waals surface area contributed by atoms with E-state index in [-0.39, 0.29) is 17.9 Å². The predicted molar refractivity (Wildman–Crippen MR) is 124 cm³/mol. The molecule has 3 rings (SSSR count). The second-order valence-corrected chi connectivity index (χ2v) is 8.15. The largest absolute Gasteiger partial charge is 0.363 e. The van der Waals surface area contributed by atoms with Crippen molar-refractivity contribution in [1.29, 1.82) is 0 Å². The number of rotatable bonds is 9. The summed E-state index contributed by atoms with van der Waals surface area (Å²) >= 11 is 2.19. The summed E-state index contributed by atoms with van der Waals surface area (Å²) < 4.78 is 15.4. The minimum absolute atomic E-state index is 0.113. The molecule has 8 nitrogen and oxygen atoms in total. The van der Waals surface area contributed by atoms with Crippen LogP contribution in [0.5, 0.6) is 0 Å². The Morgan fingerprint density at radius 3 is 2.83 bits per heavy atom. The number of halogens is 2. The van der Waals surface area contributed by atoms with E-state index in [1.54, 1.807) is 12.4 Å². The number of urea groups is 1. The molecule has 0 saturated carbocycles. The Morgan fingerprint density at radius 1 is 1.23 bits per heavy atom. The van der Waals surface area contributed by atoms with Crippen LogP contribution in [0.1, 0.15) is 33.1 Å². The Morgan fingerprint density at radius 2 is 2.07 bits per heavy atom. The third kappa shape index (κ3) is 5.55. The standard InChI is InChI=1S/C20H25FIN7O/c1-3-5-13(9-27-20(30)23-6-4-2)28-19-16(21)11-26-18(29-19)15-10-25-17-14(15)7-12(22)8-24-17/h7-8,10-11,13H,3-6,9H2,1-2H3,(H,24,25)(H2,23,27,30)(H,26,28,29). The zero-order chi connectivity index (χ0) is 21.5. The number of pyridine rings is 1. The number of aromatic amines is 1. The van der Waals surface area contributed by atoms with Crippen LogP contribution in [0.2, 0.25) is 0 Å². The number of H-pyrrole nitrogens is 1. The van der Waals surface area contributed by atoms with E-state index in [9.17, 15) is 9.18 Å². The molecular weight excluding hydrogens is 500 g/mol. The van der Waals surface area contributed by atoms with Crippen molar-refractivity contribution in [2.45, 2.75) is 39.2 Å². The van der Waals surface area contributed by atoms with Crippen LogP contribution in [0.3, 0.4) is 0 Å². The average Bonchev–Trinajstić information content (AvgIpc) is 3.15. The fourth-order valence-electron chi connectivity index (χ4n) is 3.05. The number of hydrogen-bond acceptors (Lipinski definition) is 5. The Kier molecular flexibility index (Phi) is 7.77. The highest BCUT2D eigenvalue weighted by Gasteiger charge is 2.17. The third-order valence-electron chi connectivity index (χ3n) is 4.51. The molecule has 30 heavy (non-hydrogen) atoms. The highest BCUT2D eigenvalue weighted by molar-refractivity contribution is 14.1. The first kappa shape index (κ1) is 22.2. The van der Waals surface area contributed by atoms with Crippen molar-refractivity contribution >= 4 is 45.5 Å². The van der Waals surface area contributed by atoms with Crippen LogP contribution in [0.15, 0.2) is 24.7 Å². The first-order chi connectivity index (χ1) is 14.5. The number of hydrogen-bond donors (Lipinski definition) is 4. The molecule has 10 heteroatoms. The minimum Gasteiger partial charge on any atom is -0.363 e. The molecule has 160 valence electrons. The second-order valence-electron chi connectivity index (χ2n) is 6.91. The Balaban J connectivity index is 1.79. The maximum Gasteiger partial charge on any atom is 0.314 e. The van der Waals surface area contributed by atoms with Crippen LogP contribution in [0, 0.1) is 9.39 Å². The van der Waals surface area contributed by atoms with Gasteiger partial charge in [0.15, 0.2) is 17.5 Å². The van der Waals surface area contributed by atoms with Crippen molar-refractivity contribution < 1.29 is 9.18 Å². The SMILES string of the molecule is CCCNC(=O)NCC(CCC)Nc1nc(-c2c[nH]c3ncc(I)cc23)ncc1F. The number of nitrogens with one attached hydrogen (secondary N) is 4. The molecule has 0 fully saturated rings. The van der Waals surface area contributed by atoms with Crippen molar-refractivity contribution in [2.75, 3.05) is 18.4 Å². The van der Waals surface area contributed by atoms with Gasteiger partial charge in [0, 0.05) is 46.0 Å². The Labute approximate surface area is 188 Å². The van der Waals surface area contributed by atoms with Gasteiger partial charge in [-0.25, -0.2) is 24.1 Å². The molecule has 0 aliphatic carbocycles. The van der Waals surface area contributed by atoms with Crippen LogP contribution in [0.25, 0.3) is 22.4 Å². The highest BCUT2D eigenvalue weighted by atomic mass is 127. The predicted octanol–water partition coefficient (Wildman–Crippen LogP) is 4.05. The molecule has 0 aliphatic rings. The number of carbonyl (C=O) groups is 1. The van der Waals surface area contributed by atoms with Gasteiger partial charge < -0.3 is 20.9 Å². The molecule has 0 spiro atoms. The monoisotopic (exact) mass is 525 g/mol. The average molecular weight is 525 g/mol. The van der Waals surface area contributed by atoms with Gasteiger partial charge in [0.25, 0.3) is 0 Å². The molecule has 3 aromatic rings. The van der Waals surface area contributed by atoms with Gasteiger partial charge in [0.2, 0.25) is 0 Å². The number of carbonyl (C=O) groups excluding carboxylic acids is 1. The lowest BCUT2D eigenvalue weighted by Crippen LogP contribution is -2.42. The highest BCUT2D eigenvalue weighted by Crippen LogP contribution is 2.27. The van der Waals surface area contributed by atoms with Crippen LogP contribution >= 0.6 is 22.6 Å². The van der Waals surface area contributed by atoms with Gasteiger partial charge in [-0.2, -0.15) is 0 Å². The Bertz CT molecular complexity index is 1010.